The zero-order valence-electron chi connectivity index (χ0n) is 14.6. The van der Waals surface area contributed by atoms with Crippen LogP contribution in [0.4, 0.5) is 22.9 Å². The Labute approximate surface area is 160 Å². The summed E-state index contributed by atoms with van der Waals surface area (Å²) in [6, 6.07) is 19.8. The number of amides is 1. The van der Waals surface area contributed by atoms with Gasteiger partial charge in [0.1, 0.15) is 5.82 Å². The van der Waals surface area contributed by atoms with Gasteiger partial charge in [-0.1, -0.05) is 18.2 Å². The first kappa shape index (κ1) is 17.1. The second-order valence-electron chi connectivity index (χ2n) is 6.00. The number of carbonyl (C=O) groups excluding carboxylic acids is 1. The maximum Gasteiger partial charge on any atom is 0.276 e. The molecular formula is C20H15N7O. The molecule has 4 aromatic rings. The highest BCUT2D eigenvalue weighted by atomic mass is 16.2. The molecule has 8 nitrogen and oxygen atoms in total. The Bertz CT molecular complexity index is 1190. The Morgan fingerprint density at radius 3 is 2.54 bits per heavy atom. The van der Waals surface area contributed by atoms with Gasteiger partial charge in [0.2, 0.25) is 0 Å². The molecule has 1 amide bonds. The van der Waals surface area contributed by atoms with Crippen LogP contribution in [0.3, 0.4) is 0 Å². The molecule has 0 fully saturated rings. The van der Waals surface area contributed by atoms with Crippen LogP contribution in [0.5, 0.6) is 0 Å². The lowest BCUT2D eigenvalue weighted by Gasteiger charge is -2.09. The van der Waals surface area contributed by atoms with E-state index in [1.54, 1.807) is 30.3 Å². The van der Waals surface area contributed by atoms with E-state index in [2.05, 4.69) is 20.7 Å². The molecule has 0 saturated carbocycles. The predicted octanol–water partition coefficient (Wildman–Crippen LogP) is 3.18. The van der Waals surface area contributed by atoms with Gasteiger partial charge >= 0.3 is 0 Å². The van der Waals surface area contributed by atoms with Gasteiger partial charge in [-0.15, -0.1) is 5.10 Å². The number of carbonyl (C=O) groups is 1. The van der Waals surface area contributed by atoms with Gasteiger partial charge < -0.3 is 16.4 Å². The van der Waals surface area contributed by atoms with E-state index < -0.39 is 0 Å². The third kappa shape index (κ3) is 3.32. The lowest BCUT2D eigenvalue weighted by molar-refractivity contribution is 0.102. The van der Waals surface area contributed by atoms with E-state index >= 15 is 0 Å². The number of nitrogens with two attached hydrogens (primary N) is 1. The highest BCUT2D eigenvalue weighted by molar-refractivity contribution is 6.03. The van der Waals surface area contributed by atoms with Crippen molar-refractivity contribution in [1.82, 2.24) is 14.6 Å². The minimum Gasteiger partial charge on any atom is -0.382 e. The van der Waals surface area contributed by atoms with Crippen LogP contribution in [0.1, 0.15) is 16.1 Å². The summed E-state index contributed by atoms with van der Waals surface area (Å²) in [7, 11) is 0. The molecule has 0 spiro atoms. The first-order chi connectivity index (χ1) is 13.6. The van der Waals surface area contributed by atoms with Gasteiger partial charge in [-0.25, -0.2) is 9.50 Å². The monoisotopic (exact) mass is 369 g/mol. The molecule has 0 aliphatic carbocycles. The lowest BCUT2D eigenvalue weighted by Crippen LogP contribution is -2.16. The van der Waals surface area contributed by atoms with Crippen molar-refractivity contribution in [2.75, 3.05) is 16.4 Å². The van der Waals surface area contributed by atoms with Gasteiger partial charge in [-0.2, -0.15) is 5.26 Å². The summed E-state index contributed by atoms with van der Waals surface area (Å²) < 4.78 is 1.40. The number of hydrogen-bond donors (Lipinski definition) is 3. The zero-order valence-corrected chi connectivity index (χ0v) is 14.6. The van der Waals surface area contributed by atoms with Crippen LogP contribution in [0.15, 0.2) is 66.9 Å². The largest absolute Gasteiger partial charge is 0.382 e. The minimum absolute atomic E-state index is 0.239. The highest BCUT2D eigenvalue weighted by Crippen LogP contribution is 2.23. The molecule has 2 aromatic heterocycles. The average Bonchev–Trinajstić information content (AvgIpc) is 3.13. The average molecular weight is 369 g/mol. The van der Waals surface area contributed by atoms with Gasteiger partial charge in [0, 0.05) is 17.4 Å². The van der Waals surface area contributed by atoms with Crippen molar-refractivity contribution in [2.45, 2.75) is 0 Å². The first-order valence-electron chi connectivity index (χ1n) is 8.42. The molecule has 0 aliphatic heterocycles. The second kappa shape index (κ2) is 7.09. The number of hydrogen-bond acceptors (Lipinski definition) is 6. The summed E-state index contributed by atoms with van der Waals surface area (Å²) in [5, 5.41) is 19.1. The summed E-state index contributed by atoms with van der Waals surface area (Å²) in [6.45, 7) is 0. The van der Waals surface area contributed by atoms with Crippen molar-refractivity contribution in [2.24, 2.45) is 0 Å². The number of nitrogens with one attached hydrogen (secondary N) is 2. The van der Waals surface area contributed by atoms with Crippen LogP contribution < -0.4 is 16.4 Å². The van der Waals surface area contributed by atoms with Crippen LogP contribution in [0.2, 0.25) is 0 Å². The van der Waals surface area contributed by atoms with E-state index in [-0.39, 0.29) is 17.4 Å². The fraction of sp³-hybridized carbons (Fsp3) is 0. The lowest BCUT2D eigenvalue weighted by atomic mass is 10.2. The normalized spacial score (nSPS) is 10.4. The number of aromatic nitrogens is 3. The Morgan fingerprint density at radius 2 is 1.82 bits per heavy atom. The van der Waals surface area contributed by atoms with Crippen LogP contribution in [-0.4, -0.2) is 20.5 Å². The number of nitrogens with zero attached hydrogens (tertiary/aromatic N) is 4. The van der Waals surface area contributed by atoms with Crippen molar-refractivity contribution in [3.63, 3.8) is 0 Å². The summed E-state index contributed by atoms with van der Waals surface area (Å²) >= 11 is 0. The standard InChI is InChI=1S/C20H15N7O/c21-11-13-6-8-15(9-7-13)25-20(28)17-12-23-19-16(10-18(22)26-27(17)19)24-14-4-2-1-3-5-14/h1-10,12,24H,(H2,22,26)(H,25,28). The van der Waals surface area contributed by atoms with Crippen LogP contribution in [-0.2, 0) is 0 Å². The molecule has 0 atom stereocenters. The number of benzene rings is 2. The molecule has 28 heavy (non-hydrogen) atoms. The van der Waals surface area contributed by atoms with Crippen LogP contribution >= 0.6 is 0 Å². The van der Waals surface area contributed by atoms with E-state index in [0.29, 0.717) is 22.6 Å². The summed E-state index contributed by atoms with van der Waals surface area (Å²) in [5.41, 5.74) is 9.21. The predicted molar refractivity (Wildman–Crippen MR) is 106 cm³/mol. The highest BCUT2D eigenvalue weighted by Gasteiger charge is 2.17. The number of rotatable bonds is 4. The van der Waals surface area contributed by atoms with Gasteiger partial charge in [0.15, 0.2) is 11.3 Å². The number of nitriles is 1. The number of para-hydroxylation sites is 1. The minimum atomic E-state index is -0.388. The van der Waals surface area contributed by atoms with Crippen LogP contribution in [0, 0.1) is 11.3 Å². The summed E-state index contributed by atoms with van der Waals surface area (Å²) in [4.78, 5) is 17.0. The van der Waals surface area contributed by atoms with Crippen molar-refractivity contribution in [1.29, 1.82) is 5.26 Å². The van der Waals surface area contributed by atoms with E-state index in [9.17, 15) is 4.79 Å². The van der Waals surface area contributed by atoms with Crippen LogP contribution in [0.25, 0.3) is 5.65 Å². The maximum absolute atomic E-state index is 12.7. The van der Waals surface area contributed by atoms with E-state index in [1.807, 2.05) is 36.4 Å². The first-order valence-corrected chi connectivity index (χ1v) is 8.42. The number of imidazole rings is 1. The maximum atomic E-state index is 12.7. The Morgan fingerprint density at radius 1 is 1.07 bits per heavy atom. The Hall–Kier alpha value is -4.38. The zero-order chi connectivity index (χ0) is 19.5. The molecule has 0 radical (unpaired) electrons. The summed E-state index contributed by atoms with van der Waals surface area (Å²) in [5.74, 6) is -0.141. The van der Waals surface area contributed by atoms with Gasteiger partial charge in [0.25, 0.3) is 5.91 Å². The van der Waals surface area contributed by atoms with Crippen molar-refractivity contribution in [3.8, 4) is 6.07 Å². The van der Waals surface area contributed by atoms with E-state index in [1.165, 1.54) is 10.7 Å². The molecule has 136 valence electrons. The second-order valence-corrected chi connectivity index (χ2v) is 6.00. The van der Waals surface area contributed by atoms with E-state index in [4.69, 9.17) is 11.0 Å². The fourth-order valence-corrected chi connectivity index (χ4v) is 2.73. The number of fused-ring (bicyclic) bond motifs is 1. The molecule has 0 unspecified atom stereocenters. The quantitative estimate of drug-likeness (QED) is 0.508. The molecule has 0 aliphatic rings. The molecule has 8 heteroatoms. The topological polar surface area (TPSA) is 121 Å². The molecule has 0 bridgehead atoms. The van der Waals surface area contributed by atoms with E-state index in [0.717, 1.165) is 5.69 Å². The van der Waals surface area contributed by atoms with Crippen molar-refractivity contribution < 1.29 is 4.79 Å². The molecule has 0 saturated heterocycles. The Balaban J connectivity index is 1.66. The number of anilines is 4. The van der Waals surface area contributed by atoms with Gasteiger partial charge in [0.05, 0.1) is 23.5 Å². The van der Waals surface area contributed by atoms with Crippen molar-refractivity contribution in [3.05, 3.63) is 78.1 Å². The third-order valence-corrected chi connectivity index (χ3v) is 4.04. The summed E-state index contributed by atoms with van der Waals surface area (Å²) in [6.07, 6.45) is 1.44. The smallest absolute Gasteiger partial charge is 0.276 e. The Kier molecular flexibility index (Phi) is 4.32. The molecule has 4 N–H and O–H groups in total. The third-order valence-electron chi connectivity index (χ3n) is 4.04. The SMILES string of the molecule is N#Cc1ccc(NC(=O)c2cnc3c(Nc4ccccc4)cc(N)nn23)cc1. The fourth-order valence-electron chi connectivity index (χ4n) is 2.73. The van der Waals surface area contributed by atoms with Crippen molar-refractivity contribution >= 4 is 34.4 Å². The van der Waals surface area contributed by atoms with Gasteiger partial charge in [-0.05, 0) is 36.4 Å². The molecule has 2 heterocycles. The van der Waals surface area contributed by atoms with Gasteiger partial charge in [-0.3, -0.25) is 4.79 Å². The molecule has 2 aromatic carbocycles. The molecular weight excluding hydrogens is 354 g/mol. The molecule has 4 rings (SSSR count). The number of nitrogen functional groups attached to an aromatic ring is 1.